The quantitative estimate of drug-likeness (QED) is 0.663. The number of rotatable bonds is 4. The number of benzene rings is 2. The molecule has 3 rings (SSSR count). The van der Waals surface area contributed by atoms with Crippen LogP contribution in [0.15, 0.2) is 53.5 Å². The van der Waals surface area contributed by atoms with Crippen molar-refractivity contribution >= 4 is 11.6 Å². The highest BCUT2D eigenvalue weighted by Gasteiger charge is 2.29. The van der Waals surface area contributed by atoms with E-state index in [4.69, 9.17) is 5.73 Å². The Morgan fingerprint density at radius 1 is 1.16 bits per heavy atom. The van der Waals surface area contributed by atoms with Gasteiger partial charge in [0, 0.05) is 24.3 Å². The third kappa shape index (κ3) is 4.40. The molecule has 0 saturated carbocycles. The summed E-state index contributed by atoms with van der Waals surface area (Å²) in [7, 11) is 0. The SMILES string of the molecule is Cc1cccc(NC(N)=NCC(C)(C)N2CCc3ccccc3C2)c1. The lowest BCUT2D eigenvalue weighted by molar-refractivity contribution is 0.112. The number of aryl methyl sites for hydroxylation is 1. The standard InChI is InChI=1S/C21H28N4/c1-16-7-6-10-19(13-16)24-20(22)23-15-21(2,3)25-12-11-17-8-4-5-9-18(17)14-25/h4-10,13H,11-12,14-15H2,1-3H3,(H3,22,23,24). The molecule has 0 bridgehead atoms. The molecule has 0 unspecified atom stereocenters. The highest BCUT2D eigenvalue weighted by Crippen LogP contribution is 2.25. The fourth-order valence-electron chi connectivity index (χ4n) is 3.30. The van der Waals surface area contributed by atoms with Gasteiger partial charge >= 0.3 is 0 Å². The normalized spacial score (nSPS) is 15.7. The molecule has 25 heavy (non-hydrogen) atoms. The molecule has 4 heteroatoms. The molecule has 0 spiro atoms. The molecule has 0 aromatic heterocycles. The molecule has 0 amide bonds. The Labute approximate surface area is 150 Å². The third-order valence-electron chi connectivity index (χ3n) is 4.91. The minimum absolute atomic E-state index is 0.0353. The average Bonchev–Trinajstić information content (AvgIpc) is 2.60. The summed E-state index contributed by atoms with van der Waals surface area (Å²) in [6.45, 7) is 9.25. The first-order valence-corrected chi connectivity index (χ1v) is 8.89. The summed E-state index contributed by atoms with van der Waals surface area (Å²) in [5, 5.41) is 3.18. The first kappa shape index (κ1) is 17.5. The van der Waals surface area contributed by atoms with Crippen molar-refractivity contribution in [3.8, 4) is 0 Å². The number of hydrogen-bond donors (Lipinski definition) is 2. The molecular formula is C21H28N4. The Balaban J connectivity index is 1.63. The summed E-state index contributed by atoms with van der Waals surface area (Å²) in [5.74, 6) is 0.469. The zero-order valence-electron chi connectivity index (χ0n) is 15.4. The van der Waals surface area contributed by atoms with Crippen molar-refractivity contribution in [2.45, 2.75) is 39.3 Å². The Kier molecular flexibility index (Phi) is 5.09. The number of guanidine groups is 1. The fourth-order valence-corrected chi connectivity index (χ4v) is 3.30. The monoisotopic (exact) mass is 336 g/mol. The van der Waals surface area contributed by atoms with Crippen molar-refractivity contribution in [1.29, 1.82) is 0 Å². The van der Waals surface area contributed by atoms with E-state index in [1.807, 2.05) is 12.1 Å². The van der Waals surface area contributed by atoms with E-state index in [2.05, 4.69) is 72.4 Å². The van der Waals surface area contributed by atoms with Crippen molar-refractivity contribution in [3.05, 3.63) is 65.2 Å². The second kappa shape index (κ2) is 7.28. The molecule has 1 heterocycles. The van der Waals surface area contributed by atoms with Crippen LogP contribution in [0.1, 0.15) is 30.5 Å². The average molecular weight is 336 g/mol. The van der Waals surface area contributed by atoms with E-state index in [0.29, 0.717) is 12.5 Å². The highest BCUT2D eigenvalue weighted by molar-refractivity contribution is 5.92. The molecule has 2 aromatic rings. The van der Waals surface area contributed by atoms with Crippen LogP contribution in [-0.2, 0) is 13.0 Å². The van der Waals surface area contributed by atoms with Gasteiger partial charge in [-0.1, -0.05) is 36.4 Å². The van der Waals surface area contributed by atoms with E-state index in [0.717, 1.165) is 25.2 Å². The van der Waals surface area contributed by atoms with E-state index < -0.39 is 0 Å². The first-order chi connectivity index (χ1) is 11.9. The Morgan fingerprint density at radius 2 is 1.92 bits per heavy atom. The van der Waals surface area contributed by atoms with E-state index in [9.17, 15) is 0 Å². The number of anilines is 1. The number of nitrogens with two attached hydrogens (primary N) is 1. The molecule has 0 radical (unpaired) electrons. The van der Waals surface area contributed by atoms with Crippen LogP contribution in [0.5, 0.6) is 0 Å². The van der Waals surface area contributed by atoms with Crippen LogP contribution in [0.25, 0.3) is 0 Å². The maximum atomic E-state index is 6.09. The molecule has 0 aliphatic carbocycles. The Morgan fingerprint density at radius 3 is 2.68 bits per heavy atom. The van der Waals surface area contributed by atoms with E-state index in [1.54, 1.807) is 0 Å². The number of fused-ring (bicyclic) bond motifs is 1. The third-order valence-corrected chi connectivity index (χ3v) is 4.91. The second-order valence-corrected chi connectivity index (χ2v) is 7.45. The lowest BCUT2D eigenvalue weighted by Gasteiger charge is -2.40. The maximum Gasteiger partial charge on any atom is 0.193 e. The van der Waals surface area contributed by atoms with Gasteiger partial charge in [0.05, 0.1) is 6.54 Å². The van der Waals surface area contributed by atoms with Gasteiger partial charge in [-0.05, 0) is 56.0 Å². The summed E-state index contributed by atoms with van der Waals surface area (Å²) in [5.41, 5.74) is 11.1. The van der Waals surface area contributed by atoms with Gasteiger partial charge in [0.2, 0.25) is 0 Å². The molecule has 2 aromatic carbocycles. The smallest absolute Gasteiger partial charge is 0.193 e. The summed E-state index contributed by atoms with van der Waals surface area (Å²) in [6, 6.07) is 16.9. The van der Waals surface area contributed by atoms with Gasteiger partial charge in [0.15, 0.2) is 5.96 Å². The zero-order valence-corrected chi connectivity index (χ0v) is 15.4. The lowest BCUT2D eigenvalue weighted by atomic mass is 9.94. The minimum Gasteiger partial charge on any atom is -0.370 e. The second-order valence-electron chi connectivity index (χ2n) is 7.45. The van der Waals surface area contributed by atoms with Gasteiger partial charge in [-0.15, -0.1) is 0 Å². The summed E-state index contributed by atoms with van der Waals surface area (Å²) < 4.78 is 0. The summed E-state index contributed by atoms with van der Waals surface area (Å²) in [4.78, 5) is 7.09. The summed E-state index contributed by atoms with van der Waals surface area (Å²) in [6.07, 6.45) is 1.10. The van der Waals surface area contributed by atoms with Gasteiger partial charge < -0.3 is 11.1 Å². The molecule has 1 aliphatic rings. The van der Waals surface area contributed by atoms with E-state index in [-0.39, 0.29) is 5.54 Å². The van der Waals surface area contributed by atoms with Crippen molar-refractivity contribution in [2.75, 3.05) is 18.4 Å². The zero-order chi connectivity index (χ0) is 17.9. The molecule has 0 atom stereocenters. The Bertz CT molecular complexity index is 764. The van der Waals surface area contributed by atoms with E-state index in [1.165, 1.54) is 16.7 Å². The highest BCUT2D eigenvalue weighted by atomic mass is 15.2. The van der Waals surface area contributed by atoms with Gasteiger partial charge in [0.25, 0.3) is 0 Å². The van der Waals surface area contributed by atoms with E-state index >= 15 is 0 Å². The van der Waals surface area contributed by atoms with Crippen LogP contribution in [-0.4, -0.2) is 29.5 Å². The predicted molar refractivity (Wildman–Crippen MR) is 106 cm³/mol. The molecule has 4 nitrogen and oxygen atoms in total. The van der Waals surface area contributed by atoms with Gasteiger partial charge in [-0.3, -0.25) is 9.89 Å². The van der Waals surface area contributed by atoms with Crippen LogP contribution < -0.4 is 11.1 Å². The van der Waals surface area contributed by atoms with Gasteiger partial charge in [0.1, 0.15) is 0 Å². The van der Waals surface area contributed by atoms with Crippen LogP contribution >= 0.6 is 0 Å². The molecule has 1 aliphatic heterocycles. The molecule has 3 N–H and O–H groups in total. The van der Waals surface area contributed by atoms with Crippen LogP contribution in [0.3, 0.4) is 0 Å². The fraction of sp³-hybridized carbons (Fsp3) is 0.381. The van der Waals surface area contributed by atoms with Crippen molar-refractivity contribution in [2.24, 2.45) is 10.7 Å². The first-order valence-electron chi connectivity index (χ1n) is 8.89. The van der Waals surface area contributed by atoms with Crippen LogP contribution in [0.4, 0.5) is 5.69 Å². The van der Waals surface area contributed by atoms with Crippen molar-refractivity contribution in [3.63, 3.8) is 0 Å². The van der Waals surface area contributed by atoms with Crippen molar-refractivity contribution in [1.82, 2.24) is 4.90 Å². The van der Waals surface area contributed by atoms with Crippen molar-refractivity contribution < 1.29 is 0 Å². The predicted octanol–water partition coefficient (Wildman–Crippen LogP) is 3.56. The van der Waals surface area contributed by atoms with Gasteiger partial charge in [-0.25, -0.2) is 0 Å². The minimum atomic E-state index is -0.0353. The van der Waals surface area contributed by atoms with Gasteiger partial charge in [-0.2, -0.15) is 0 Å². The largest absolute Gasteiger partial charge is 0.370 e. The molecule has 0 fully saturated rings. The molecule has 132 valence electrons. The topological polar surface area (TPSA) is 53.6 Å². The Hall–Kier alpha value is -2.33. The number of aliphatic imine (C=N–C) groups is 1. The number of nitrogens with one attached hydrogen (secondary N) is 1. The molecule has 0 saturated heterocycles. The summed E-state index contributed by atoms with van der Waals surface area (Å²) >= 11 is 0. The molecular weight excluding hydrogens is 308 g/mol. The maximum absolute atomic E-state index is 6.09. The van der Waals surface area contributed by atoms with Crippen LogP contribution in [0.2, 0.25) is 0 Å². The number of nitrogens with zero attached hydrogens (tertiary/aromatic N) is 2. The lowest BCUT2D eigenvalue weighted by Crippen LogP contribution is -2.49. The number of hydrogen-bond acceptors (Lipinski definition) is 2. The van der Waals surface area contributed by atoms with Crippen LogP contribution in [0, 0.1) is 6.92 Å².